The molecule has 1 atom stereocenters. The van der Waals surface area contributed by atoms with Gasteiger partial charge < -0.3 is 19.6 Å². The molecule has 0 fully saturated rings. The predicted octanol–water partition coefficient (Wildman–Crippen LogP) is 1.01. The molecule has 0 spiro atoms. The fourth-order valence-corrected chi connectivity index (χ4v) is 2.18. The zero-order chi connectivity index (χ0) is 13.9. The van der Waals surface area contributed by atoms with Gasteiger partial charge in [0.15, 0.2) is 0 Å². The van der Waals surface area contributed by atoms with Crippen molar-refractivity contribution in [3.8, 4) is 0 Å². The van der Waals surface area contributed by atoms with E-state index in [1.807, 2.05) is 0 Å². The van der Waals surface area contributed by atoms with Crippen molar-refractivity contribution in [2.24, 2.45) is 5.41 Å². The van der Waals surface area contributed by atoms with E-state index in [0.717, 1.165) is 0 Å². The zero-order valence-electron chi connectivity index (χ0n) is 9.81. The highest BCUT2D eigenvalue weighted by Gasteiger charge is 2.32. The van der Waals surface area contributed by atoms with Crippen LogP contribution in [0.2, 0.25) is 0 Å². The molecule has 4 N–H and O–H groups in total. The van der Waals surface area contributed by atoms with Gasteiger partial charge in [0.1, 0.15) is 0 Å². The van der Waals surface area contributed by atoms with Gasteiger partial charge in [-0.2, -0.15) is 0 Å². The largest absolute Gasteiger partial charge is 0.469 e. The quantitative estimate of drug-likeness (QED) is 0.533. The third kappa shape index (κ3) is 9.88. The summed E-state index contributed by atoms with van der Waals surface area (Å²) in [5, 5.41) is 0. The molecule has 0 radical (unpaired) electrons. The van der Waals surface area contributed by atoms with Crippen molar-refractivity contribution in [1.29, 1.82) is 0 Å². The molecule has 0 bridgehead atoms. The van der Waals surface area contributed by atoms with Gasteiger partial charge in [-0.1, -0.05) is 20.8 Å². The number of phosphoric acid groups is 2. The van der Waals surface area contributed by atoms with Gasteiger partial charge >= 0.3 is 15.6 Å². The molecule has 0 aliphatic rings. The molecule has 0 aromatic carbocycles. The molecular weight excluding hydrogens is 274 g/mol. The lowest BCUT2D eigenvalue weighted by Gasteiger charge is -2.30. The minimum atomic E-state index is -4.65. The number of phosphoric ester groups is 2. The van der Waals surface area contributed by atoms with E-state index in [1.54, 1.807) is 20.8 Å². The van der Waals surface area contributed by atoms with Crippen LogP contribution >= 0.6 is 15.6 Å². The van der Waals surface area contributed by atoms with Gasteiger partial charge in [-0.05, 0) is 11.8 Å². The maximum atomic E-state index is 10.7. The Labute approximate surface area is 99.4 Å². The molecule has 0 saturated carbocycles. The van der Waals surface area contributed by atoms with Crippen molar-refractivity contribution in [3.05, 3.63) is 0 Å². The van der Waals surface area contributed by atoms with Crippen LogP contribution in [0.3, 0.4) is 0 Å². The van der Waals surface area contributed by atoms with E-state index in [9.17, 15) is 9.13 Å². The molecule has 0 amide bonds. The van der Waals surface area contributed by atoms with Gasteiger partial charge in [-0.15, -0.1) is 0 Å². The molecule has 1 unspecified atom stereocenters. The van der Waals surface area contributed by atoms with Crippen molar-refractivity contribution in [1.82, 2.24) is 0 Å². The van der Waals surface area contributed by atoms with Crippen molar-refractivity contribution < 1.29 is 37.8 Å². The van der Waals surface area contributed by atoms with Crippen LogP contribution in [0.25, 0.3) is 0 Å². The molecule has 0 aromatic heterocycles. The molecule has 0 saturated heterocycles. The average Bonchev–Trinajstić information content (AvgIpc) is 1.95. The zero-order valence-corrected chi connectivity index (χ0v) is 11.6. The highest BCUT2D eigenvalue weighted by atomic mass is 31.2. The van der Waals surface area contributed by atoms with E-state index in [1.165, 1.54) is 0 Å². The highest BCUT2D eigenvalue weighted by molar-refractivity contribution is 7.46. The van der Waals surface area contributed by atoms with Crippen LogP contribution in [-0.4, -0.2) is 32.3 Å². The average molecular weight is 292 g/mol. The summed E-state index contributed by atoms with van der Waals surface area (Å²) in [7, 11) is -9.22. The maximum Gasteiger partial charge on any atom is 0.469 e. The molecule has 10 heteroatoms. The molecule has 0 rings (SSSR count). The van der Waals surface area contributed by atoms with Gasteiger partial charge in [0.25, 0.3) is 0 Å². The van der Waals surface area contributed by atoms with Crippen LogP contribution in [0.1, 0.15) is 27.2 Å². The van der Waals surface area contributed by atoms with Gasteiger partial charge in [-0.3, -0.25) is 9.05 Å². The predicted molar refractivity (Wildman–Crippen MR) is 59.0 cm³/mol. The second kappa shape index (κ2) is 5.91. The Kier molecular flexibility index (Phi) is 5.98. The molecular formula is C7H18O8P2. The third-order valence-corrected chi connectivity index (χ3v) is 2.92. The highest BCUT2D eigenvalue weighted by Crippen LogP contribution is 2.43. The minimum Gasteiger partial charge on any atom is -0.303 e. The van der Waals surface area contributed by atoms with E-state index in [4.69, 9.17) is 19.6 Å². The summed E-state index contributed by atoms with van der Waals surface area (Å²) in [4.78, 5) is 34.3. The smallest absolute Gasteiger partial charge is 0.303 e. The van der Waals surface area contributed by atoms with Crippen molar-refractivity contribution in [2.45, 2.75) is 33.3 Å². The lowest BCUT2D eigenvalue weighted by Crippen LogP contribution is -2.29. The Bertz CT molecular complexity index is 323. The fraction of sp³-hybridized carbons (Fsp3) is 1.00. The van der Waals surface area contributed by atoms with Crippen LogP contribution < -0.4 is 0 Å². The second-order valence-electron chi connectivity index (χ2n) is 4.56. The SMILES string of the molecule is CC(C)(C)C(CCOP(=O)(O)O)OP(=O)(O)O. The normalized spacial score (nSPS) is 15.9. The maximum absolute atomic E-state index is 10.7. The molecule has 17 heavy (non-hydrogen) atoms. The summed E-state index contributed by atoms with van der Waals surface area (Å²) in [6.45, 7) is 4.70. The van der Waals surface area contributed by atoms with E-state index in [0.29, 0.717) is 0 Å². The molecule has 104 valence electrons. The van der Waals surface area contributed by atoms with Gasteiger partial charge in [0.05, 0.1) is 12.7 Å². The third-order valence-electron chi connectivity index (χ3n) is 1.87. The Morgan fingerprint density at radius 3 is 1.82 bits per heavy atom. The number of rotatable bonds is 6. The van der Waals surface area contributed by atoms with Crippen LogP contribution in [-0.2, 0) is 18.2 Å². The first-order chi connectivity index (χ1) is 7.31. The van der Waals surface area contributed by atoms with E-state index in [2.05, 4.69) is 9.05 Å². The summed E-state index contributed by atoms with van der Waals surface area (Å²) in [5.74, 6) is 0. The number of hydrogen-bond acceptors (Lipinski definition) is 4. The lowest BCUT2D eigenvalue weighted by atomic mass is 9.87. The van der Waals surface area contributed by atoms with Crippen molar-refractivity contribution in [3.63, 3.8) is 0 Å². The lowest BCUT2D eigenvalue weighted by molar-refractivity contribution is 0.0341. The van der Waals surface area contributed by atoms with E-state index < -0.39 is 27.2 Å². The monoisotopic (exact) mass is 292 g/mol. The first-order valence-electron chi connectivity index (χ1n) is 4.75. The standard InChI is InChI=1S/C7H18O8P2/c1-7(2,3)6(15-17(11,12)13)4-5-14-16(8,9)10/h6H,4-5H2,1-3H3,(H2,8,9,10)(H2,11,12,13). The summed E-state index contributed by atoms with van der Waals surface area (Å²) in [6.07, 6.45) is -0.922. The Balaban J connectivity index is 4.43. The Morgan fingerprint density at radius 2 is 1.53 bits per heavy atom. The Hall–Kier alpha value is 0.220. The van der Waals surface area contributed by atoms with Gasteiger partial charge in [0.2, 0.25) is 0 Å². The van der Waals surface area contributed by atoms with Crippen LogP contribution in [0.15, 0.2) is 0 Å². The van der Waals surface area contributed by atoms with Crippen molar-refractivity contribution >= 4 is 15.6 Å². The minimum absolute atomic E-state index is 0.0419. The topological polar surface area (TPSA) is 134 Å². The molecule has 0 aliphatic carbocycles. The molecule has 0 aromatic rings. The van der Waals surface area contributed by atoms with Crippen LogP contribution in [0.4, 0.5) is 0 Å². The summed E-state index contributed by atoms with van der Waals surface area (Å²) < 4.78 is 29.9. The summed E-state index contributed by atoms with van der Waals surface area (Å²) in [6, 6.07) is 0. The fourth-order valence-electron chi connectivity index (χ4n) is 1.09. The van der Waals surface area contributed by atoms with Gasteiger partial charge in [0, 0.05) is 0 Å². The van der Waals surface area contributed by atoms with Crippen molar-refractivity contribution in [2.75, 3.05) is 6.61 Å². The first kappa shape index (κ1) is 17.2. The van der Waals surface area contributed by atoms with Gasteiger partial charge in [-0.25, -0.2) is 9.13 Å². The first-order valence-corrected chi connectivity index (χ1v) is 7.81. The van der Waals surface area contributed by atoms with E-state index >= 15 is 0 Å². The van der Waals surface area contributed by atoms with E-state index in [-0.39, 0.29) is 13.0 Å². The molecule has 0 heterocycles. The van der Waals surface area contributed by atoms with Crippen LogP contribution in [0, 0.1) is 5.41 Å². The Morgan fingerprint density at radius 1 is 1.06 bits per heavy atom. The molecule has 8 nitrogen and oxygen atoms in total. The number of hydrogen-bond donors (Lipinski definition) is 4. The van der Waals surface area contributed by atoms with Crippen LogP contribution in [0.5, 0.6) is 0 Å². The molecule has 0 aliphatic heterocycles. The second-order valence-corrected chi connectivity index (χ2v) is 6.99. The summed E-state index contributed by atoms with van der Waals surface area (Å²) in [5.41, 5.74) is -0.598. The summed E-state index contributed by atoms with van der Waals surface area (Å²) >= 11 is 0.